The van der Waals surface area contributed by atoms with Crippen LogP contribution in [0.5, 0.6) is 0 Å². The van der Waals surface area contributed by atoms with Crippen LogP contribution < -0.4 is 20.4 Å². The Morgan fingerprint density at radius 2 is 1.84 bits per heavy atom. The number of nitrogens with one attached hydrogen (secondary N) is 2. The molecule has 0 aliphatic rings. The lowest BCUT2D eigenvalue weighted by atomic mass is 10.2. The number of carbonyl (C=O) groups is 1. The normalized spacial score (nSPS) is 11.5. The molecular weight excluding hydrogens is 314 g/mol. The molecule has 6 heteroatoms. The van der Waals surface area contributed by atoms with Gasteiger partial charge >= 0.3 is 6.03 Å². The predicted octanol–water partition coefficient (Wildman–Crippen LogP) is 2.47. The van der Waals surface area contributed by atoms with Crippen molar-refractivity contribution in [2.24, 2.45) is 0 Å². The van der Waals surface area contributed by atoms with Crippen molar-refractivity contribution in [2.45, 2.75) is 19.5 Å². The molecule has 0 aliphatic heterocycles. The van der Waals surface area contributed by atoms with Gasteiger partial charge in [-0.15, -0.1) is 0 Å². The quantitative estimate of drug-likeness (QED) is 0.812. The van der Waals surface area contributed by atoms with E-state index in [1.54, 1.807) is 6.20 Å². The summed E-state index contributed by atoms with van der Waals surface area (Å²) in [7, 11) is 5.91. The summed E-state index contributed by atoms with van der Waals surface area (Å²) < 4.78 is 0. The van der Waals surface area contributed by atoms with Crippen LogP contribution in [0.3, 0.4) is 0 Å². The molecule has 2 amide bonds. The van der Waals surface area contributed by atoms with Gasteiger partial charge in [-0.1, -0.05) is 18.2 Å². The number of pyridine rings is 1. The molecule has 2 N–H and O–H groups in total. The Balaban J connectivity index is 1.78. The number of para-hydroxylation sites is 1. The highest BCUT2D eigenvalue weighted by atomic mass is 16.2. The fraction of sp³-hybridized carbons (Fsp3) is 0.368. The molecule has 2 rings (SSSR count). The van der Waals surface area contributed by atoms with Gasteiger partial charge in [-0.25, -0.2) is 9.78 Å². The van der Waals surface area contributed by atoms with Gasteiger partial charge in [0.25, 0.3) is 0 Å². The zero-order valence-corrected chi connectivity index (χ0v) is 15.4. The van der Waals surface area contributed by atoms with Crippen molar-refractivity contribution in [3.8, 4) is 0 Å². The summed E-state index contributed by atoms with van der Waals surface area (Å²) in [4.78, 5) is 20.4. The van der Waals surface area contributed by atoms with Crippen molar-refractivity contribution < 1.29 is 4.79 Å². The maximum absolute atomic E-state index is 12.0. The van der Waals surface area contributed by atoms with E-state index in [4.69, 9.17) is 0 Å². The SMILES string of the molecule is CC(CNC(=O)NCc1ccnc(N(C)C)c1)N(C)c1ccccc1. The third-order valence-electron chi connectivity index (χ3n) is 4.10. The average Bonchev–Trinajstić information content (AvgIpc) is 2.64. The molecule has 0 bridgehead atoms. The van der Waals surface area contributed by atoms with E-state index >= 15 is 0 Å². The van der Waals surface area contributed by atoms with Crippen LogP contribution >= 0.6 is 0 Å². The van der Waals surface area contributed by atoms with E-state index < -0.39 is 0 Å². The number of likely N-dealkylation sites (N-methyl/N-ethyl adjacent to an activating group) is 1. The van der Waals surface area contributed by atoms with Gasteiger partial charge < -0.3 is 20.4 Å². The summed E-state index contributed by atoms with van der Waals surface area (Å²) in [6, 6.07) is 14.0. The fourth-order valence-corrected chi connectivity index (χ4v) is 2.35. The summed E-state index contributed by atoms with van der Waals surface area (Å²) in [5.74, 6) is 0.873. The highest BCUT2D eigenvalue weighted by Crippen LogP contribution is 2.13. The van der Waals surface area contributed by atoms with Crippen LogP contribution in [0.25, 0.3) is 0 Å². The predicted molar refractivity (Wildman–Crippen MR) is 103 cm³/mol. The molecule has 6 nitrogen and oxygen atoms in total. The number of amides is 2. The van der Waals surface area contributed by atoms with Gasteiger partial charge in [0, 0.05) is 52.2 Å². The minimum Gasteiger partial charge on any atom is -0.370 e. The van der Waals surface area contributed by atoms with E-state index in [1.165, 1.54) is 0 Å². The Hall–Kier alpha value is -2.76. The molecule has 0 spiro atoms. The van der Waals surface area contributed by atoms with Crippen LogP contribution in [0.15, 0.2) is 48.7 Å². The lowest BCUT2D eigenvalue weighted by Crippen LogP contribution is -2.43. The van der Waals surface area contributed by atoms with Crippen molar-refractivity contribution in [1.29, 1.82) is 0 Å². The van der Waals surface area contributed by atoms with Crippen LogP contribution in [0, 0.1) is 0 Å². The number of hydrogen-bond acceptors (Lipinski definition) is 4. The van der Waals surface area contributed by atoms with E-state index in [2.05, 4.69) is 39.6 Å². The summed E-state index contributed by atoms with van der Waals surface area (Å²) in [5.41, 5.74) is 2.15. The van der Waals surface area contributed by atoms with E-state index in [0.29, 0.717) is 13.1 Å². The lowest BCUT2D eigenvalue weighted by Gasteiger charge is -2.27. The second-order valence-corrected chi connectivity index (χ2v) is 6.28. The molecule has 0 saturated heterocycles. The van der Waals surface area contributed by atoms with Crippen molar-refractivity contribution in [1.82, 2.24) is 15.6 Å². The zero-order valence-electron chi connectivity index (χ0n) is 15.4. The molecule has 1 atom stereocenters. The minimum absolute atomic E-state index is 0.170. The Kier molecular flexibility index (Phi) is 6.62. The number of anilines is 2. The van der Waals surface area contributed by atoms with Crippen LogP contribution in [-0.4, -0.2) is 44.7 Å². The second-order valence-electron chi connectivity index (χ2n) is 6.28. The van der Waals surface area contributed by atoms with Gasteiger partial charge in [0.05, 0.1) is 0 Å². The number of aromatic nitrogens is 1. The number of carbonyl (C=O) groups excluding carboxylic acids is 1. The van der Waals surface area contributed by atoms with E-state index in [0.717, 1.165) is 17.1 Å². The van der Waals surface area contributed by atoms with Crippen LogP contribution in [0.2, 0.25) is 0 Å². The molecule has 0 aliphatic carbocycles. The highest BCUT2D eigenvalue weighted by molar-refractivity contribution is 5.74. The largest absolute Gasteiger partial charge is 0.370 e. The average molecular weight is 341 g/mol. The standard InChI is InChI=1S/C19H27N5O/c1-15(24(4)17-8-6-5-7-9-17)13-21-19(25)22-14-16-10-11-20-18(12-16)23(2)3/h5-12,15H,13-14H2,1-4H3,(H2,21,22,25). The molecule has 2 aromatic rings. The number of benzene rings is 1. The molecule has 134 valence electrons. The topological polar surface area (TPSA) is 60.5 Å². The van der Waals surface area contributed by atoms with Crippen LogP contribution in [-0.2, 0) is 6.54 Å². The summed E-state index contributed by atoms with van der Waals surface area (Å²) in [6.07, 6.45) is 1.75. The van der Waals surface area contributed by atoms with Gasteiger partial charge in [-0.3, -0.25) is 0 Å². The maximum atomic E-state index is 12.0. The third kappa shape index (κ3) is 5.67. The smallest absolute Gasteiger partial charge is 0.315 e. The van der Waals surface area contributed by atoms with Gasteiger partial charge in [0.2, 0.25) is 0 Å². The summed E-state index contributed by atoms with van der Waals surface area (Å²) in [6.45, 7) is 3.12. The number of nitrogens with zero attached hydrogens (tertiary/aromatic N) is 3. The Bertz CT molecular complexity index is 675. The van der Waals surface area contributed by atoms with Crippen molar-refractivity contribution in [3.63, 3.8) is 0 Å². The molecular formula is C19H27N5O. The minimum atomic E-state index is -0.170. The van der Waals surface area contributed by atoms with Crippen LogP contribution in [0.4, 0.5) is 16.3 Å². The Morgan fingerprint density at radius 1 is 1.12 bits per heavy atom. The van der Waals surface area contributed by atoms with Crippen molar-refractivity contribution >= 4 is 17.5 Å². The fourth-order valence-electron chi connectivity index (χ4n) is 2.35. The molecule has 0 fully saturated rings. The molecule has 25 heavy (non-hydrogen) atoms. The van der Waals surface area contributed by atoms with Gasteiger partial charge in [0.15, 0.2) is 0 Å². The molecule has 0 radical (unpaired) electrons. The lowest BCUT2D eigenvalue weighted by molar-refractivity contribution is 0.240. The first kappa shape index (κ1) is 18.6. The van der Waals surface area contributed by atoms with E-state index in [-0.39, 0.29) is 12.1 Å². The van der Waals surface area contributed by atoms with Crippen molar-refractivity contribution in [2.75, 3.05) is 37.5 Å². The van der Waals surface area contributed by atoms with E-state index in [9.17, 15) is 4.79 Å². The first-order valence-corrected chi connectivity index (χ1v) is 8.39. The zero-order chi connectivity index (χ0) is 18.2. The molecule has 1 aromatic carbocycles. The highest BCUT2D eigenvalue weighted by Gasteiger charge is 2.11. The van der Waals surface area contributed by atoms with Crippen molar-refractivity contribution in [3.05, 3.63) is 54.2 Å². The summed E-state index contributed by atoms with van der Waals surface area (Å²) in [5, 5.41) is 5.81. The van der Waals surface area contributed by atoms with Crippen LogP contribution in [0.1, 0.15) is 12.5 Å². The molecule has 1 unspecified atom stereocenters. The number of rotatable bonds is 7. The Labute approximate surface area is 149 Å². The van der Waals surface area contributed by atoms with E-state index in [1.807, 2.05) is 56.4 Å². The van der Waals surface area contributed by atoms with Gasteiger partial charge in [-0.2, -0.15) is 0 Å². The second kappa shape index (κ2) is 8.92. The maximum Gasteiger partial charge on any atom is 0.315 e. The monoisotopic (exact) mass is 341 g/mol. The first-order valence-electron chi connectivity index (χ1n) is 8.39. The molecule has 1 aromatic heterocycles. The third-order valence-corrected chi connectivity index (χ3v) is 4.10. The number of hydrogen-bond donors (Lipinski definition) is 2. The summed E-state index contributed by atoms with van der Waals surface area (Å²) >= 11 is 0. The molecule has 0 saturated carbocycles. The first-order chi connectivity index (χ1) is 12.0. The van der Waals surface area contributed by atoms with Gasteiger partial charge in [-0.05, 0) is 36.8 Å². The Morgan fingerprint density at radius 3 is 2.52 bits per heavy atom. The molecule has 1 heterocycles. The van der Waals surface area contributed by atoms with Gasteiger partial charge in [0.1, 0.15) is 5.82 Å². The number of urea groups is 1.